The van der Waals surface area contributed by atoms with E-state index in [0.717, 1.165) is 22.4 Å². The minimum atomic E-state index is -0.475. The van der Waals surface area contributed by atoms with Crippen LogP contribution in [0.25, 0.3) is 11.1 Å². The molecule has 6 nitrogen and oxygen atoms in total. The number of pyridine rings is 1. The molecule has 31 heavy (non-hydrogen) atoms. The summed E-state index contributed by atoms with van der Waals surface area (Å²) < 4.78 is 5.21. The summed E-state index contributed by atoms with van der Waals surface area (Å²) in [4.78, 5) is 34.1. The fourth-order valence-corrected chi connectivity index (χ4v) is 4.70. The molecule has 0 spiro atoms. The molecule has 1 aliphatic heterocycles. The van der Waals surface area contributed by atoms with E-state index in [2.05, 4.69) is 11.1 Å². The molecule has 1 atom stereocenters. The first-order valence-corrected chi connectivity index (χ1v) is 10.6. The molecule has 0 bridgehead atoms. The molecule has 0 radical (unpaired) electrons. The predicted octanol–water partition coefficient (Wildman–Crippen LogP) is 4.33. The minimum Gasteiger partial charge on any atom is -0.408 e. The summed E-state index contributed by atoms with van der Waals surface area (Å²) in [6, 6.07) is 17.5. The molecule has 6 rings (SSSR count). The maximum atomic E-state index is 13.3. The standard InChI is InChI=1S/C25H21N3O3/c29-24-19-5-2-1-4-18(19)22(13-21-17(16-8-9-16)6-3-11-26-21)28(24)14-15-7-10-20-23(12-15)31-25(30)27-20/h1-7,10-12,16,22H,8-9,13-14H2,(H,27,30). The molecule has 1 aliphatic carbocycles. The summed E-state index contributed by atoms with van der Waals surface area (Å²) in [6.07, 6.45) is 4.96. The van der Waals surface area contributed by atoms with Gasteiger partial charge in [-0.3, -0.25) is 14.8 Å². The quantitative estimate of drug-likeness (QED) is 0.530. The van der Waals surface area contributed by atoms with Crippen LogP contribution in [-0.2, 0) is 13.0 Å². The van der Waals surface area contributed by atoms with Gasteiger partial charge in [0.05, 0.1) is 11.6 Å². The summed E-state index contributed by atoms with van der Waals surface area (Å²) >= 11 is 0. The van der Waals surface area contributed by atoms with Gasteiger partial charge in [-0.15, -0.1) is 0 Å². The van der Waals surface area contributed by atoms with Gasteiger partial charge in [0.25, 0.3) is 5.91 Å². The summed E-state index contributed by atoms with van der Waals surface area (Å²) in [5, 5.41) is 0. The van der Waals surface area contributed by atoms with E-state index in [4.69, 9.17) is 9.40 Å². The molecule has 0 saturated heterocycles. The Morgan fingerprint density at radius 1 is 1.03 bits per heavy atom. The van der Waals surface area contributed by atoms with E-state index < -0.39 is 5.76 Å². The van der Waals surface area contributed by atoms with Crippen molar-refractivity contribution in [3.63, 3.8) is 0 Å². The lowest BCUT2D eigenvalue weighted by atomic mass is 9.97. The SMILES string of the molecule is O=C1c2ccccc2C(Cc2ncccc2C2CC2)N1Cc1ccc2[nH]c(=O)oc2c1. The highest BCUT2D eigenvalue weighted by Crippen LogP contribution is 2.43. The van der Waals surface area contributed by atoms with Crippen LogP contribution >= 0.6 is 0 Å². The number of nitrogens with zero attached hydrogens (tertiary/aromatic N) is 2. The van der Waals surface area contributed by atoms with Gasteiger partial charge in [-0.2, -0.15) is 0 Å². The van der Waals surface area contributed by atoms with Crippen LogP contribution in [0.1, 0.15) is 57.5 Å². The van der Waals surface area contributed by atoms with Crippen LogP contribution in [-0.4, -0.2) is 20.8 Å². The molecule has 1 amide bonds. The lowest BCUT2D eigenvalue weighted by molar-refractivity contribution is 0.0708. The second kappa shape index (κ2) is 6.94. The predicted molar refractivity (Wildman–Crippen MR) is 116 cm³/mol. The topological polar surface area (TPSA) is 79.2 Å². The Morgan fingerprint density at radius 2 is 1.87 bits per heavy atom. The first-order chi connectivity index (χ1) is 15.2. The summed E-state index contributed by atoms with van der Waals surface area (Å²) in [7, 11) is 0. The molecule has 1 saturated carbocycles. The maximum absolute atomic E-state index is 13.3. The van der Waals surface area contributed by atoms with Gasteiger partial charge in [-0.25, -0.2) is 4.79 Å². The summed E-state index contributed by atoms with van der Waals surface area (Å²) in [5.74, 6) is 0.154. The van der Waals surface area contributed by atoms with Gasteiger partial charge in [0.2, 0.25) is 0 Å². The molecule has 2 aliphatic rings. The number of nitrogens with one attached hydrogen (secondary N) is 1. The zero-order valence-corrected chi connectivity index (χ0v) is 16.9. The molecule has 154 valence electrons. The van der Waals surface area contributed by atoms with Gasteiger partial charge in [0, 0.05) is 30.4 Å². The molecule has 3 heterocycles. The third-order valence-corrected chi connectivity index (χ3v) is 6.35. The number of carbonyl (C=O) groups is 1. The number of fused-ring (bicyclic) bond motifs is 2. The number of rotatable bonds is 5. The molecule has 1 N–H and O–H groups in total. The van der Waals surface area contributed by atoms with Crippen molar-refractivity contribution in [3.05, 3.63) is 99.3 Å². The highest BCUT2D eigenvalue weighted by molar-refractivity contribution is 5.99. The van der Waals surface area contributed by atoms with Crippen molar-refractivity contribution in [1.29, 1.82) is 0 Å². The number of aromatic nitrogens is 2. The lowest BCUT2D eigenvalue weighted by Gasteiger charge is -2.26. The van der Waals surface area contributed by atoms with Gasteiger partial charge in [-0.1, -0.05) is 30.3 Å². The van der Waals surface area contributed by atoms with E-state index in [0.29, 0.717) is 30.0 Å². The van der Waals surface area contributed by atoms with Crippen LogP contribution in [0.4, 0.5) is 0 Å². The van der Waals surface area contributed by atoms with Gasteiger partial charge < -0.3 is 9.32 Å². The smallest absolute Gasteiger partial charge is 0.408 e. The molecule has 6 heteroatoms. The molecule has 2 aromatic heterocycles. The maximum Gasteiger partial charge on any atom is 0.417 e. The third kappa shape index (κ3) is 3.15. The van der Waals surface area contributed by atoms with Crippen LogP contribution in [0.15, 0.2) is 70.0 Å². The minimum absolute atomic E-state index is 0.0279. The average molecular weight is 411 g/mol. The van der Waals surface area contributed by atoms with Gasteiger partial charge >= 0.3 is 5.76 Å². The average Bonchev–Trinajstić information content (AvgIpc) is 3.51. The van der Waals surface area contributed by atoms with Crippen molar-refractivity contribution in [1.82, 2.24) is 14.9 Å². The van der Waals surface area contributed by atoms with Crippen molar-refractivity contribution in [2.45, 2.75) is 37.8 Å². The van der Waals surface area contributed by atoms with Crippen molar-refractivity contribution in [3.8, 4) is 0 Å². The Labute approximate surface area is 178 Å². The van der Waals surface area contributed by atoms with E-state index in [1.807, 2.05) is 59.6 Å². The van der Waals surface area contributed by atoms with E-state index >= 15 is 0 Å². The van der Waals surface area contributed by atoms with E-state index in [1.165, 1.54) is 18.4 Å². The molecule has 2 aromatic carbocycles. The third-order valence-electron chi connectivity index (χ3n) is 6.35. The zero-order valence-electron chi connectivity index (χ0n) is 16.9. The second-order valence-electron chi connectivity index (χ2n) is 8.40. The van der Waals surface area contributed by atoms with Gasteiger partial charge in [-0.05, 0) is 59.7 Å². The lowest BCUT2D eigenvalue weighted by Crippen LogP contribution is -2.29. The monoisotopic (exact) mass is 411 g/mol. The zero-order chi connectivity index (χ0) is 20.9. The van der Waals surface area contributed by atoms with E-state index in [9.17, 15) is 9.59 Å². The number of H-pyrrole nitrogens is 1. The number of benzene rings is 2. The van der Waals surface area contributed by atoms with Crippen LogP contribution < -0.4 is 5.76 Å². The van der Waals surface area contributed by atoms with Gasteiger partial charge in [0.15, 0.2) is 5.58 Å². The highest BCUT2D eigenvalue weighted by atomic mass is 16.4. The van der Waals surface area contributed by atoms with Crippen LogP contribution in [0.3, 0.4) is 0 Å². The van der Waals surface area contributed by atoms with Crippen molar-refractivity contribution >= 4 is 17.0 Å². The normalized spacial score (nSPS) is 18.0. The number of amides is 1. The van der Waals surface area contributed by atoms with Crippen LogP contribution in [0.2, 0.25) is 0 Å². The molecule has 1 fully saturated rings. The highest BCUT2D eigenvalue weighted by Gasteiger charge is 2.38. The van der Waals surface area contributed by atoms with E-state index in [-0.39, 0.29) is 11.9 Å². The second-order valence-corrected chi connectivity index (χ2v) is 8.40. The first-order valence-electron chi connectivity index (χ1n) is 10.6. The number of oxazole rings is 1. The summed E-state index contributed by atoms with van der Waals surface area (Å²) in [5.41, 5.74) is 6.28. The van der Waals surface area contributed by atoms with Crippen molar-refractivity contribution in [2.75, 3.05) is 0 Å². The Kier molecular flexibility index (Phi) is 4.06. The largest absolute Gasteiger partial charge is 0.417 e. The molecule has 4 aromatic rings. The van der Waals surface area contributed by atoms with Crippen LogP contribution in [0, 0.1) is 0 Å². The Balaban J connectivity index is 1.37. The first kappa shape index (κ1) is 18.1. The van der Waals surface area contributed by atoms with E-state index in [1.54, 1.807) is 0 Å². The molecule has 1 unspecified atom stereocenters. The molecular weight excluding hydrogens is 390 g/mol. The fourth-order valence-electron chi connectivity index (χ4n) is 4.70. The number of hydrogen-bond donors (Lipinski definition) is 1. The Hall–Kier alpha value is -3.67. The van der Waals surface area contributed by atoms with Gasteiger partial charge in [0.1, 0.15) is 0 Å². The van der Waals surface area contributed by atoms with Crippen molar-refractivity contribution < 1.29 is 9.21 Å². The van der Waals surface area contributed by atoms with Crippen LogP contribution in [0.5, 0.6) is 0 Å². The Bertz CT molecular complexity index is 1370. The Morgan fingerprint density at radius 3 is 2.74 bits per heavy atom. The number of aromatic amines is 1. The number of hydrogen-bond acceptors (Lipinski definition) is 4. The summed E-state index contributed by atoms with van der Waals surface area (Å²) in [6.45, 7) is 0.439. The fraction of sp³-hybridized carbons (Fsp3) is 0.240. The van der Waals surface area contributed by atoms with Crippen molar-refractivity contribution in [2.24, 2.45) is 0 Å². The number of carbonyl (C=O) groups excluding carboxylic acids is 1. The molecular formula is C25H21N3O3.